The van der Waals surface area contributed by atoms with Gasteiger partial charge in [-0.05, 0) is 17.5 Å². The number of carbonyl (C=O) groups is 2. The van der Waals surface area contributed by atoms with E-state index in [0.717, 1.165) is 5.56 Å². The van der Waals surface area contributed by atoms with E-state index in [1.54, 1.807) is 12.1 Å². The summed E-state index contributed by atoms with van der Waals surface area (Å²) in [6.07, 6.45) is 2.02. The van der Waals surface area contributed by atoms with Crippen molar-refractivity contribution in [3.05, 3.63) is 29.8 Å². The molecule has 0 saturated carbocycles. The molecule has 0 radical (unpaired) electrons. The molecule has 0 spiro atoms. The van der Waals surface area contributed by atoms with Crippen LogP contribution in [0.4, 0.5) is 0 Å². The highest BCUT2D eigenvalue weighted by atomic mass is 16.5. The van der Waals surface area contributed by atoms with Crippen molar-refractivity contribution < 1.29 is 19.4 Å². The molecular formula is C16H24O4. The lowest BCUT2D eigenvalue weighted by molar-refractivity contribution is -0.145. The predicted molar refractivity (Wildman–Crippen MR) is 79.0 cm³/mol. The molecular weight excluding hydrogens is 256 g/mol. The molecule has 1 aromatic rings. The van der Waals surface area contributed by atoms with Crippen molar-refractivity contribution in [3.63, 3.8) is 0 Å². The zero-order chi connectivity index (χ0) is 15.5. The largest absolute Gasteiger partial charge is 0.481 e. The van der Waals surface area contributed by atoms with Crippen molar-refractivity contribution in [1.29, 1.82) is 0 Å². The van der Waals surface area contributed by atoms with Crippen molar-refractivity contribution in [2.24, 2.45) is 0 Å². The van der Waals surface area contributed by atoms with Gasteiger partial charge < -0.3 is 9.84 Å². The van der Waals surface area contributed by atoms with E-state index in [0.29, 0.717) is 5.75 Å². The number of hydrogen-bond donors (Lipinski definition) is 1. The molecule has 0 saturated heterocycles. The highest BCUT2D eigenvalue weighted by Gasteiger charge is 2.13. The van der Waals surface area contributed by atoms with Crippen LogP contribution in [-0.4, -0.2) is 17.0 Å². The zero-order valence-electron chi connectivity index (χ0n) is 12.7. The molecule has 112 valence electrons. The Morgan fingerprint density at radius 2 is 1.70 bits per heavy atom. The van der Waals surface area contributed by atoms with Crippen LogP contribution in [0.3, 0.4) is 0 Å². The smallest absolute Gasteiger partial charge is 0.322 e. The second kappa shape index (κ2) is 10.0. The molecule has 4 nitrogen and oxygen atoms in total. The average molecular weight is 280 g/mol. The lowest BCUT2D eigenvalue weighted by Gasteiger charge is -2.11. The summed E-state index contributed by atoms with van der Waals surface area (Å²) in [4.78, 5) is 21.5. The third-order valence-corrected chi connectivity index (χ3v) is 2.56. The lowest BCUT2D eigenvalue weighted by atomic mass is 10.0. The minimum atomic E-state index is -1.19. The molecule has 1 rings (SSSR count). The molecule has 0 bridgehead atoms. The van der Waals surface area contributed by atoms with Gasteiger partial charge in [-0.2, -0.15) is 0 Å². The third-order valence-electron chi connectivity index (χ3n) is 2.56. The van der Waals surface area contributed by atoms with Gasteiger partial charge in [0.1, 0.15) is 12.2 Å². The predicted octanol–water partition coefficient (Wildman–Crippen LogP) is 4.00. The van der Waals surface area contributed by atoms with Crippen molar-refractivity contribution in [2.75, 3.05) is 0 Å². The van der Waals surface area contributed by atoms with Crippen molar-refractivity contribution >= 4 is 11.9 Å². The molecule has 0 atom stereocenters. The van der Waals surface area contributed by atoms with Gasteiger partial charge in [-0.25, -0.2) is 0 Å². The van der Waals surface area contributed by atoms with Crippen LogP contribution < -0.4 is 4.74 Å². The number of hydrogen-bond acceptors (Lipinski definition) is 3. The van der Waals surface area contributed by atoms with E-state index in [1.807, 2.05) is 26.0 Å². The first kappa shape index (κ1) is 18.2. The number of para-hydroxylation sites is 1. The summed E-state index contributed by atoms with van der Waals surface area (Å²) in [5, 5.41) is 8.44. The standard InChI is InChI=1S/C12H14O4.C4H10/c1-8(2)9-5-3-4-6-10(9)16-12(15)7-11(13)14;1-3-4-2/h3-6,8H,7H2,1-2H3,(H,13,14);3-4H2,1-2H3. The zero-order valence-corrected chi connectivity index (χ0v) is 12.7. The first-order valence-electron chi connectivity index (χ1n) is 6.93. The first-order valence-corrected chi connectivity index (χ1v) is 6.93. The molecule has 0 fully saturated rings. The van der Waals surface area contributed by atoms with Gasteiger partial charge in [0.25, 0.3) is 0 Å². The third kappa shape index (κ3) is 7.56. The molecule has 4 heteroatoms. The van der Waals surface area contributed by atoms with Gasteiger partial charge in [-0.15, -0.1) is 0 Å². The number of esters is 1. The van der Waals surface area contributed by atoms with Gasteiger partial charge in [0.05, 0.1) is 0 Å². The summed E-state index contributed by atoms with van der Waals surface area (Å²) in [6.45, 7) is 8.31. The van der Waals surface area contributed by atoms with Crippen LogP contribution in [-0.2, 0) is 9.59 Å². The molecule has 0 aromatic heterocycles. The Morgan fingerprint density at radius 3 is 2.15 bits per heavy atom. The quantitative estimate of drug-likeness (QED) is 0.503. The topological polar surface area (TPSA) is 63.6 Å². The maximum absolute atomic E-state index is 11.2. The van der Waals surface area contributed by atoms with Crippen LogP contribution in [0.25, 0.3) is 0 Å². The fraction of sp³-hybridized carbons (Fsp3) is 0.500. The van der Waals surface area contributed by atoms with E-state index in [1.165, 1.54) is 12.8 Å². The number of carboxylic acids is 1. The second-order valence-corrected chi connectivity index (χ2v) is 4.74. The molecule has 20 heavy (non-hydrogen) atoms. The summed E-state index contributed by atoms with van der Waals surface area (Å²) in [6, 6.07) is 7.11. The molecule has 0 aliphatic rings. The fourth-order valence-corrected chi connectivity index (χ4v) is 1.33. The van der Waals surface area contributed by atoms with Crippen molar-refractivity contribution in [2.45, 2.75) is 52.9 Å². The van der Waals surface area contributed by atoms with Gasteiger partial charge in [0.2, 0.25) is 0 Å². The van der Waals surface area contributed by atoms with E-state index in [9.17, 15) is 9.59 Å². The maximum atomic E-state index is 11.2. The Kier molecular flexibility index (Phi) is 9.09. The van der Waals surface area contributed by atoms with Crippen molar-refractivity contribution in [1.82, 2.24) is 0 Å². The Bertz CT molecular complexity index is 422. The summed E-state index contributed by atoms with van der Waals surface area (Å²) < 4.78 is 5.00. The molecule has 1 aromatic carbocycles. The highest BCUT2D eigenvalue weighted by molar-refractivity contribution is 5.91. The minimum Gasteiger partial charge on any atom is -0.481 e. The van der Waals surface area contributed by atoms with Gasteiger partial charge in [-0.3, -0.25) is 9.59 Å². The number of ether oxygens (including phenoxy) is 1. The SMILES string of the molecule is CC(C)c1ccccc1OC(=O)CC(=O)O.CCCC. The lowest BCUT2D eigenvalue weighted by Crippen LogP contribution is -2.14. The molecule has 0 aliphatic heterocycles. The Balaban J connectivity index is 0.000000796. The molecule has 0 amide bonds. The highest BCUT2D eigenvalue weighted by Crippen LogP contribution is 2.26. The van der Waals surface area contributed by atoms with Crippen molar-refractivity contribution in [3.8, 4) is 5.75 Å². The number of aliphatic carboxylic acids is 1. The molecule has 0 heterocycles. The van der Waals surface area contributed by atoms with Gasteiger partial charge in [-0.1, -0.05) is 58.7 Å². The molecule has 1 N–H and O–H groups in total. The second-order valence-electron chi connectivity index (χ2n) is 4.74. The van der Waals surface area contributed by atoms with E-state index < -0.39 is 18.4 Å². The van der Waals surface area contributed by atoms with Gasteiger partial charge >= 0.3 is 11.9 Å². The summed E-state index contributed by atoms with van der Waals surface area (Å²) in [5.41, 5.74) is 0.890. The van der Waals surface area contributed by atoms with E-state index >= 15 is 0 Å². The number of rotatable bonds is 5. The first-order chi connectivity index (χ1) is 9.42. The van der Waals surface area contributed by atoms with E-state index in [-0.39, 0.29) is 5.92 Å². The van der Waals surface area contributed by atoms with Gasteiger partial charge in [0, 0.05) is 0 Å². The van der Waals surface area contributed by atoms with E-state index in [2.05, 4.69) is 13.8 Å². The Hall–Kier alpha value is -1.84. The maximum Gasteiger partial charge on any atom is 0.322 e. The minimum absolute atomic E-state index is 0.217. The van der Waals surface area contributed by atoms with Crippen LogP contribution in [0.2, 0.25) is 0 Å². The number of unbranched alkanes of at least 4 members (excludes halogenated alkanes) is 1. The Morgan fingerprint density at radius 1 is 1.15 bits per heavy atom. The van der Waals surface area contributed by atoms with Crippen LogP contribution >= 0.6 is 0 Å². The van der Waals surface area contributed by atoms with Crippen LogP contribution in [0.5, 0.6) is 5.75 Å². The summed E-state index contributed by atoms with van der Waals surface area (Å²) >= 11 is 0. The van der Waals surface area contributed by atoms with Crippen LogP contribution in [0.15, 0.2) is 24.3 Å². The summed E-state index contributed by atoms with van der Waals surface area (Å²) in [7, 11) is 0. The van der Waals surface area contributed by atoms with Gasteiger partial charge in [0.15, 0.2) is 0 Å². The Labute approximate surface area is 120 Å². The number of benzene rings is 1. The monoisotopic (exact) mass is 280 g/mol. The van der Waals surface area contributed by atoms with E-state index in [4.69, 9.17) is 9.84 Å². The van der Waals surface area contributed by atoms with Crippen LogP contribution in [0.1, 0.15) is 58.4 Å². The normalized spacial score (nSPS) is 9.65. The fourth-order valence-electron chi connectivity index (χ4n) is 1.33. The number of carboxylic acid groups (broad SMARTS) is 1. The number of carbonyl (C=O) groups excluding carboxylic acids is 1. The van der Waals surface area contributed by atoms with Crippen LogP contribution in [0, 0.1) is 0 Å². The summed E-state index contributed by atoms with van der Waals surface area (Å²) in [5.74, 6) is -1.29. The average Bonchev–Trinajstić information content (AvgIpc) is 2.38. The molecule has 0 unspecified atom stereocenters. The molecule has 0 aliphatic carbocycles.